The van der Waals surface area contributed by atoms with Crippen LogP contribution in [0.4, 0.5) is 0 Å². The molecule has 0 saturated heterocycles. The summed E-state index contributed by atoms with van der Waals surface area (Å²) in [5.74, 6) is -0.948. The van der Waals surface area contributed by atoms with Crippen LogP contribution in [0.15, 0.2) is 24.3 Å². The van der Waals surface area contributed by atoms with Gasteiger partial charge in [0.2, 0.25) is 0 Å². The van der Waals surface area contributed by atoms with E-state index in [4.69, 9.17) is 16.0 Å². The summed E-state index contributed by atoms with van der Waals surface area (Å²) in [7, 11) is 0. The Labute approximate surface area is 100 Å². The van der Waals surface area contributed by atoms with E-state index in [1.807, 2.05) is 13.8 Å². The highest BCUT2D eigenvalue weighted by Crippen LogP contribution is 2.26. The van der Waals surface area contributed by atoms with Crippen molar-refractivity contribution in [2.45, 2.75) is 25.3 Å². The highest BCUT2D eigenvalue weighted by atomic mass is 16.5. The molecule has 0 radical (unpaired) electrons. The number of nitrogens with two attached hydrogens (primary N) is 1. The van der Waals surface area contributed by atoms with E-state index >= 15 is 0 Å². The fourth-order valence-electron chi connectivity index (χ4n) is 1.61. The number of carbonyl (C=O) groups is 1. The zero-order chi connectivity index (χ0) is 13.1. The smallest absolute Gasteiger partial charge is 0.335 e. The fraction of sp³-hybridized carbons (Fsp3) is 0.417. The average Bonchev–Trinajstić information content (AvgIpc) is 2.29. The van der Waals surface area contributed by atoms with Gasteiger partial charge in [-0.25, -0.2) is 10.3 Å². The molecule has 1 aromatic carbocycles. The molecule has 0 saturated carbocycles. The molecule has 1 aromatic rings. The zero-order valence-electron chi connectivity index (χ0n) is 9.97. The van der Waals surface area contributed by atoms with Gasteiger partial charge < -0.3 is 16.0 Å². The standard InChI is InChI=1S/C12H18N2O3/c1-12(2,10(13)7-14-17)9-5-3-8(4-6-9)11(15)16/h3-6,10,14,17H,7,13H2,1-2H3,(H,15,16). The largest absolute Gasteiger partial charge is 0.478 e. The zero-order valence-corrected chi connectivity index (χ0v) is 9.97. The maximum atomic E-state index is 10.7. The number of hydrogen-bond acceptors (Lipinski definition) is 4. The summed E-state index contributed by atoms with van der Waals surface area (Å²) in [5, 5.41) is 17.5. The van der Waals surface area contributed by atoms with E-state index in [0.29, 0.717) is 0 Å². The minimum Gasteiger partial charge on any atom is -0.478 e. The number of carboxylic acid groups (broad SMARTS) is 1. The van der Waals surface area contributed by atoms with Gasteiger partial charge in [0.25, 0.3) is 0 Å². The molecule has 0 aromatic heterocycles. The molecule has 0 aliphatic rings. The van der Waals surface area contributed by atoms with Gasteiger partial charge in [0.1, 0.15) is 0 Å². The molecule has 94 valence electrons. The van der Waals surface area contributed by atoms with E-state index in [0.717, 1.165) is 5.56 Å². The minimum absolute atomic E-state index is 0.249. The Hall–Kier alpha value is -1.43. The summed E-state index contributed by atoms with van der Waals surface area (Å²) in [6, 6.07) is 6.33. The lowest BCUT2D eigenvalue weighted by Crippen LogP contribution is -2.47. The van der Waals surface area contributed by atoms with Crippen LogP contribution in [0.25, 0.3) is 0 Å². The van der Waals surface area contributed by atoms with Gasteiger partial charge in [0, 0.05) is 18.0 Å². The summed E-state index contributed by atoms with van der Waals surface area (Å²) >= 11 is 0. The lowest BCUT2D eigenvalue weighted by molar-refractivity contribution is 0.0697. The molecule has 5 N–H and O–H groups in total. The van der Waals surface area contributed by atoms with Gasteiger partial charge in [0.15, 0.2) is 0 Å². The van der Waals surface area contributed by atoms with Gasteiger partial charge in [-0.15, -0.1) is 0 Å². The van der Waals surface area contributed by atoms with Crippen LogP contribution in [-0.2, 0) is 5.41 Å². The van der Waals surface area contributed by atoms with Crippen molar-refractivity contribution < 1.29 is 15.1 Å². The molecule has 0 spiro atoms. The molecule has 0 heterocycles. The van der Waals surface area contributed by atoms with Crippen molar-refractivity contribution >= 4 is 5.97 Å². The number of hydroxylamine groups is 1. The first-order valence-corrected chi connectivity index (χ1v) is 5.36. The van der Waals surface area contributed by atoms with Crippen molar-refractivity contribution in [2.75, 3.05) is 6.54 Å². The molecule has 0 bridgehead atoms. The topological polar surface area (TPSA) is 95.6 Å². The Morgan fingerprint density at radius 1 is 1.41 bits per heavy atom. The Kier molecular flexibility index (Phi) is 4.22. The number of benzene rings is 1. The molecule has 17 heavy (non-hydrogen) atoms. The fourth-order valence-corrected chi connectivity index (χ4v) is 1.61. The Morgan fingerprint density at radius 3 is 2.35 bits per heavy atom. The number of hydrogen-bond donors (Lipinski definition) is 4. The highest BCUT2D eigenvalue weighted by molar-refractivity contribution is 5.87. The first-order valence-electron chi connectivity index (χ1n) is 5.36. The SMILES string of the molecule is CC(C)(c1ccc(C(=O)O)cc1)C(N)CNO. The Morgan fingerprint density at radius 2 is 1.94 bits per heavy atom. The van der Waals surface area contributed by atoms with E-state index < -0.39 is 5.97 Å². The van der Waals surface area contributed by atoms with Gasteiger partial charge in [-0.3, -0.25) is 0 Å². The highest BCUT2D eigenvalue weighted by Gasteiger charge is 2.28. The van der Waals surface area contributed by atoms with Crippen LogP contribution in [0.1, 0.15) is 29.8 Å². The van der Waals surface area contributed by atoms with Crippen molar-refractivity contribution in [3.8, 4) is 0 Å². The summed E-state index contributed by atoms with van der Waals surface area (Å²) in [6.45, 7) is 4.17. The van der Waals surface area contributed by atoms with E-state index in [9.17, 15) is 4.79 Å². The third-order valence-electron chi connectivity index (χ3n) is 3.11. The molecule has 0 aliphatic carbocycles. The monoisotopic (exact) mass is 238 g/mol. The van der Waals surface area contributed by atoms with Crippen molar-refractivity contribution in [1.82, 2.24) is 5.48 Å². The normalized spacial score (nSPS) is 13.4. The van der Waals surface area contributed by atoms with Crippen LogP contribution in [-0.4, -0.2) is 28.9 Å². The number of carboxylic acids is 1. The van der Waals surface area contributed by atoms with Crippen LogP contribution in [0, 0.1) is 0 Å². The van der Waals surface area contributed by atoms with Crippen LogP contribution in [0.3, 0.4) is 0 Å². The lowest BCUT2D eigenvalue weighted by Gasteiger charge is -2.31. The van der Waals surface area contributed by atoms with E-state index in [-0.39, 0.29) is 23.6 Å². The van der Waals surface area contributed by atoms with Gasteiger partial charge in [-0.05, 0) is 17.7 Å². The summed E-state index contributed by atoms with van der Waals surface area (Å²) < 4.78 is 0. The molecular weight excluding hydrogens is 220 g/mol. The molecule has 0 fully saturated rings. The first-order chi connectivity index (χ1) is 7.89. The number of aromatic carboxylic acids is 1. The molecule has 5 heteroatoms. The summed E-state index contributed by atoms with van der Waals surface area (Å²) in [4.78, 5) is 10.7. The van der Waals surface area contributed by atoms with Gasteiger partial charge >= 0.3 is 5.97 Å². The van der Waals surface area contributed by atoms with Crippen molar-refractivity contribution in [3.05, 3.63) is 35.4 Å². The molecule has 0 amide bonds. The van der Waals surface area contributed by atoms with Gasteiger partial charge in [0.05, 0.1) is 5.56 Å². The van der Waals surface area contributed by atoms with Gasteiger partial charge in [-0.1, -0.05) is 26.0 Å². The summed E-state index contributed by atoms with van der Waals surface area (Å²) in [5.41, 5.74) is 8.84. The molecular formula is C12H18N2O3. The molecule has 0 aliphatic heterocycles. The second-order valence-corrected chi connectivity index (χ2v) is 4.57. The van der Waals surface area contributed by atoms with Crippen molar-refractivity contribution in [2.24, 2.45) is 5.73 Å². The molecule has 5 nitrogen and oxygen atoms in total. The van der Waals surface area contributed by atoms with E-state index in [2.05, 4.69) is 5.48 Å². The van der Waals surface area contributed by atoms with Crippen LogP contribution < -0.4 is 11.2 Å². The third kappa shape index (κ3) is 3.03. The van der Waals surface area contributed by atoms with Crippen molar-refractivity contribution in [1.29, 1.82) is 0 Å². The van der Waals surface area contributed by atoms with Crippen molar-refractivity contribution in [3.63, 3.8) is 0 Å². The van der Waals surface area contributed by atoms with Crippen LogP contribution >= 0.6 is 0 Å². The van der Waals surface area contributed by atoms with E-state index in [1.54, 1.807) is 24.3 Å². The molecule has 1 atom stereocenters. The quantitative estimate of drug-likeness (QED) is 0.573. The lowest BCUT2D eigenvalue weighted by atomic mass is 9.78. The van der Waals surface area contributed by atoms with E-state index in [1.165, 1.54) is 0 Å². The predicted molar refractivity (Wildman–Crippen MR) is 64.2 cm³/mol. The predicted octanol–water partition coefficient (Wildman–Crippen LogP) is 0.969. The Bertz CT molecular complexity index is 387. The second-order valence-electron chi connectivity index (χ2n) is 4.57. The second kappa shape index (κ2) is 5.27. The third-order valence-corrected chi connectivity index (χ3v) is 3.11. The first kappa shape index (κ1) is 13.6. The molecule has 1 unspecified atom stereocenters. The molecule has 1 rings (SSSR count). The Balaban J connectivity index is 2.95. The number of rotatable bonds is 5. The maximum absolute atomic E-state index is 10.7. The van der Waals surface area contributed by atoms with Crippen LogP contribution in [0.5, 0.6) is 0 Å². The van der Waals surface area contributed by atoms with Crippen LogP contribution in [0.2, 0.25) is 0 Å². The minimum atomic E-state index is -0.948. The average molecular weight is 238 g/mol. The van der Waals surface area contributed by atoms with Gasteiger partial charge in [-0.2, -0.15) is 0 Å². The maximum Gasteiger partial charge on any atom is 0.335 e. The number of nitrogens with one attached hydrogen (secondary N) is 1. The summed E-state index contributed by atoms with van der Waals surface area (Å²) in [6.07, 6.45) is 0.